The summed E-state index contributed by atoms with van der Waals surface area (Å²) in [6.45, 7) is 5.64. The summed E-state index contributed by atoms with van der Waals surface area (Å²) < 4.78 is 5.30. The lowest BCUT2D eigenvalue weighted by Crippen LogP contribution is -2.25. The number of carbonyl (C=O) groups excluding carboxylic acids is 1. The van der Waals surface area contributed by atoms with Crippen LogP contribution in [0.1, 0.15) is 29.5 Å². The van der Waals surface area contributed by atoms with Gasteiger partial charge in [0.25, 0.3) is 0 Å². The number of ketones is 1. The maximum absolute atomic E-state index is 12.2. The van der Waals surface area contributed by atoms with Gasteiger partial charge in [0.15, 0.2) is 0 Å². The smallest absolute Gasteiger partial charge is 0.140 e. The second-order valence-electron chi connectivity index (χ2n) is 4.90. The normalized spacial score (nSPS) is 17.1. The lowest BCUT2D eigenvalue weighted by atomic mass is 9.89. The number of rotatable bonds is 3. The first kappa shape index (κ1) is 12.3. The first-order valence-electron chi connectivity index (χ1n) is 6.34. The summed E-state index contributed by atoms with van der Waals surface area (Å²) >= 11 is 0. The SMILES string of the molecule is Cc1cccc(C)c1CC(=O)C1CCOCC1. The Morgan fingerprint density at radius 1 is 1.24 bits per heavy atom. The zero-order chi connectivity index (χ0) is 12.3. The van der Waals surface area contributed by atoms with Gasteiger partial charge in [-0.2, -0.15) is 0 Å². The minimum atomic E-state index is 0.211. The van der Waals surface area contributed by atoms with Gasteiger partial charge in [-0.3, -0.25) is 4.79 Å². The predicted octanol–water partition coefficient (Wildman–Crippen LogP) is 2.84. The van der Waals surface area contributed by atoms with E-state index in [-0.39, 0.29) is 5.92 Å². The molecule has 0 amide bonds. The molecule has 0 aromatic heterocycles. The number of hydrogen-bond acceptors (Lipinski definition) is 2. The Morgan fingerprint density at radius 3 is 2.41 bits per heavy atom. The number of carbonyl (C=O) groups is 1. The van der Waals surface area contributed by atoms with E-state index in [1.54, 1.807) is 0 Å². The lowest BCUT2D eigenvalue weighted by Gasteiger charge is -2.21. The minimum absolute atomic E-state index is 0.211. The van der Waals surface area contributed by atoms with Crippen LogP contribution in [0.3, 0.4) is 0 Å². The Balaban J connectivity index is 2.07. The largest absolute Gasteiger partial charge is 0.381 e. The summed E-state index contributed by atoms with van der Waals surface area (Å²) in [4.78, 5) is 12.2. The molecular weight excluding hydrogens is 212 g/mol. The molecule has 1 fully saturated rings. The van der Waals surface area contributed by atoms with Crippen molar-refractivity contribution in [2.24, 2.45) is 5.92 Å². The maximum atomic E-state index is 12.2. The number of ether oxygens (including phenoxy) is 1. The summed E-state index contributed by atoms with van der Waals surface area (Å²) in [7, 11) is 0. The van der Waals surface area contributed by atoms with Gasteiger partial charge in [0.05, 0.1) is 0 Å². The van der Waals surface area contributed by atoms with Crippen LogP contribution in [0.4, 0.5) is 0 Å². The molecule has 1 aliphatic heterocycles. The molecule has 0 spiro atoms. The van der Waals surface area contributed by atoms with Crippen molar-refractivity contribution in [1.29, 1.82) is 0 Å². The van der Waals surface area contributed by atoms with Crippen LogP contribution in [0, 0.1) is 19.8 Å². The van der Waals surface area contributed by atoms with Crippen LogP contribution in [0.25, 0.3) is 0 Å². The van der Waals surface area contributed by atoms with Gasteiger partial charge in [-0.05, 0) is 43.4 Å². The molecule has 0 N–H and O–H groups in total. The molecule has 0 bridgehead atoms. The van der Waals surface area contributed by atoms with Crippen molar-refractivity contribution in [3.8, 4) is 0 Å². The second kappa shape index (κ2) is 5.46. The summed E-state index contributed by atoms with van der Waals surface area (Å²) in [6.07, 6.45) is 2.37. The summed E-state index contributed by atoms with van der Waals surface area (Å²) in [5.41, 5.74) is 3.67. The molecule has 1 aromatic rings. The van der Waals surface area contributed by atoms with Crippen LogP contribution in [0.15, 0.2) is 18.2 Å². The minimum Gasteiger partial charge on any atom is -0.381 e. The highest BCUT2D eigenvalue weighted by Gasteiger charge is 2.22. The van der Waals surface area contributed by atoms with E-state index in [1.165, 1.54) is 16.7 Å². The predicted molar refractivity (Wildman–Crippen MR) is 68.2 cm³/mol. The average molecular weight is 232 g/mol. The van der Waals surface area contributed by atoms with Crippen LogP contribution in [-0.2, 0) is 16.0 Å². The zero-order valence-corrected chi connectivity index (χ0v) is 10.7. The van der Waals surface area contributed by atoms with Crippen LogP contribution >= 0.6 is 0 Å². The van der Waals surface area contributed by atoms with Crippen molar-refractivity contribution in [3.63, 3.8) is 0 Å². The number of benzene rings is 1. The summed E-state index contributed by atoms with van der Waals surface area (Å²) in [6, 6.07) is 6.21. The highest BCUT2D eigenvalue weighted by Crippen LogP contribution is 2.21. The first-order valence-corrected chi connectivity index (χ1v) is 6.34. The third-order valence-corrected chi connectivity index (χ3v) is 3.67. The van der Waals surface area contributed by atoms with Crippen LogP contribution in [0.5, 0.6) is 0 Å². The van der Waals surface area contributed by atoms with Crippen molar-refractivity contribution in [2.45, 2.75) is 33.1 Å². The van der Waals surface area contributed by atoms with E-state index < -0.39 is 0 Å². The lowest BCUT2D eigenvalue weighted by molar-refractivity contribution is -0.125. The third-order valence-electron chi connectivity index (χ3n) is 3.67. The number of hydrogen-bond donors (Lipinski definition) is 0. The first-order chi connectivity index (χ1) is 8.18. The molecule has 1 saturated heterocycles. The fourth-order valence-corrected chi connectivity index (χ4v) is 2.47. The van der Waals surface area contributed by atoms with Crippen LogP contribution in [-0.4, -0.2) is 19.0 Å². The van der Waals surface area contributed by atoms with Crippen molar-refractivity contribution >= 4 is 5.78 Å². The Labute approximate surface area is 103 Å². The van der Waals surface area contributed by atoms with Gasteiger partial charge in [-0.25, -0.2) is 0 Å². The van der Waals surface area contributed by atoms with Gasteiger partial charge in [-0.15, -0.1) is 0 Å². The standard InChI is InChI=1S/C15H20O2/c1-11-4-3-5-12(2)14(11)10-15(16)13-6-8-17-9-7-13/h3-5,13H,6-10H2,1-2H3. The Kier molecular flexibility index (Phi) is 3.95. The molecule has 2 nitrogen and oxygen atoms in total. The Hall–Kier alpha value is -1.15. The van der Waals surface area contributed by atoms with Gasteiger partial charge in [-0.1, -0.05) is 18.2 Å². The van der Waals surface area contributed by atoms with E-state index >= 15 is 0 Å². The molecule has 0 saturated carbocycles. The second-order valence-corrected chi connectivity index (χ2v) is 4.90. The van der Waals surface area contributed by atoms with E-state index in [2.05, 4.69) is 26.0 Å². The summed E-state index contributed by atoms with van der Waals surface area (Å²) in [5.74, 6) is 0.591. The fourth-order valence-electron chi connectivity index (χ4n) is 2.47. The van der Waals surface area contributed by atoms with Gasteiger partial charge < -0.3 is 4.74 Å². The Bertz CT molecular complexity index is 383. The molecule has 0 aliphatic carbocycles. The van der Waals surface area contributed by atoms with E-state index in [9.17, 15) is 4.79 Å². The number of Topliss-reactive ketones (excluding diaryl/α,β-unsaturated/α-hetero) is 1. The highest BCUT2D eigenvalue weighted by molar-refractivity contribution is 5.84. The average Bonchev–Trinajstić information content (AvgIpc) is 2.35. The molecule has 17 heavy (non-hydrogen) atoms. The van der Waals surface area contributed by atoms with E-state index in [4.69, 9.17) is 4.74 Å². The monoisotopic (exact) mass is 232 g/mol. The van der Waals surface area contributed by atoms with Crippen molar-refractivity contribution < 1.29 is 9.53 Å². The van der Waals surface area contributed by atoms with Crippen LogP contribution in [0.2, 0.25) is 0 Å². The zero-order valence-electron chi connectivity index (χ0n) is 10.7. The molecule has 92 valence electrons. The molecule has 1 aromatic carbocycles. The van der Waals surface area contributed by atoms with E-state index in [0.29, 0.717) is 12.2 Å². The third kappa shape index (κ3) is 2.95. The van der Waals surface area contributed by atoms with Gasteiger partial charge in [0.2, 0.25) is 0 Å². The molecule has 1 heterocycles. The van der Waals surface area contributed by atoms with Crippen LogP contribution < -0.4 is 0 Å². The van der Waals surface area contributed by atoms with Crippen molar-refractivity contribution in [1.82, 2.24) is 0 Å². The fraction of sp³-hybridized carbons (Fsp3) is 0.533. The molecule has 1 aliphatic rings. The molecule has 0 atom stereocenters. The quantitative estimate of drug-likeness (QED) is 0.801. The molecule has 0 radical (unpaired) electrons. The van der Waals surface area contributed by atoms with Gasteiger partial charge in [0, 0.05) is 25.6 Å². The molecule has 2 rings (SSSR count). The van der Waals surface area contributed by atoms with Gasteiger partial charge in [0.1, 0.15) is 5.78 Å². The van der Waals surface area contributed by atoms with Crippen molar-refractivity contribution in [3.05, 3.63) is 34.9 Å². The molecular formula is C15H20O2. The highest BCUT2D eigenvalue weighted by atomic mass is 16.5. The van der Waals surface area contributed by atoms with E-state index in [0.717, 1.165) is 26.1 Å². The molecule has 0 unspecified atom stereocenters. The molecule has 2 heteroatoms. The van der Waals surface area contributed by atoms with E-state index in [1.807, 2.05) is 6.07 Å². The number of aryl methyl sites for hydroxylation is 2. The topological polar surface area (TPSA) is 26.3 Å². The Morgan fingerprint density at radius 2 is 1.82 bits per heavy atom. The summed E-state index contributed by atoms with van der Waals surface area (Å²) in [5, 5.41) is 0. The van der Waals surface area contributed by atoms with Gasteiger partial charge >= 0.3 is 0 Å². The maximum Gasteiger partial charge on any atom is 0.140 e. The van der Waals surface area contributed by atoms with Crippen molar-refractivity contribution in [2.75, 3.05) is 13.2 Å².